The van der Waals surface area contributed by atoms with Crippen LogP contribution >= 0.6 is 11.6 Å². The predicted molar refractivity (Wildman–Crippen MR) is 115 cm³/mol. The monoisotopic (exact) mass is 453 g/mol. The molecule has 2 aliphatic heterocycles. The van der Waals surface area contributed by atoms with Crippen LogP contribution in [0.2, 0.25) is 5.02 Å². The van der Waals surface area contributed by atoms with Crippen LogP contribution in [0.15, 0.2) is 17.8 Å². The molecule has 2 unspecified atom stereocenters. The minimum atomic E-state index is -0.631. The van der Waals surface area contributed by atoms with Crippen molar-refractivity contribution in [3.05, 3.63) is 39.8 Å². The zero-order chi connectivity index (χ0) is 22.7. The van der Waals surface area contributed by atoms with Gasteiger partial charge in [-0.05, 0) is 30.9 Å². The quantitative estimate of drug-likeness (QED) is 0.333. The van der Waals surface area contributed by atoms with Crippen molar-refractivity contribution >= 4 is 23.4 Å². The topological polar surface area (TPSA) is 65.1 Å². The summed E-state index contributed by atoms with van der Waals surface area (Å²) in [6.07, 6.45) is 2.84. The second-order valence-electron chi connectivity index (χ2n) is 8.14. The minimum absolute atomic E-state index is 0.0119. The fraction of sp³-hybridized carbons (Fsp3) is 0.565. The highest BCUT2D eigenvalue weighted by atomic mass is 35.5. The van der Waals surface area contributed by atoms with E-state index in [1.165, 1.54) is 0 Å². The van der Waals surface area contributed by atoms with Crippen LogP contribution in [-0.2, 0) is 25.5 Å². The maximum atomic E-state index is 15.0. The first-order valence-electron chi connectivity index (χ1n) is 10.6. The van der Waals surface area contributed by atoms with Crippen molar-refractivity contribution in [2.45, 2.75) is 52.1 Å². The molecule has 1 aromatic rings. The van der Waals surface area contributed by atoms with Crippen LogP contribution in [-0.4, -0.2) is 49.6 Å². The lowest BCUT2D eigenvalue weighted by Crippen LogP contribution is -2.47. The number of ether oxygens (including phenoxy) is 3. The Morgan fingerprint density at radius 2 is 2.06 bits per heavy atom. The van der Waals surface area contributed by atoms with Gasteiger partial charge < -0.3 is 19.1 Å². The Bertz CT molecular complexity index is 885. The van der Waals surface area contributed by atoms with E-state index in [9.17, 15) is 9.59 Å². The Morgan fingerprint density at radius 1 is 1.32 bits per heavy atom. The zero-order valence-corrected chi connectivity index (χ0v) is 19.1. The fourth-order valence-electron chi connectivity index (χ4n) is 4.25. The van der Waals surface area contributed by atoms with Crippen LogP contribution in [0, 0.1) is 11.7 Å². The van der Waals surface area contributed by atoms with Crippen molar-refractivity contribution in [2.75, 3.05) is 26.9 Å². The molecule has 0 N–H and O–H groups in total. The van der Waals surface area contributed by atoms with Crippen molar-refractivity contribution < 1.29 is 28.2 Å². The molecule has 31 heavy (non-hydrogen) atoms. The van der Waals surface area contributed by atoms with E-state index in [2.05, 4.69) is 13.8 Å². The number of methoxy groups -OCH3 is 1. The number of carbonyl (C=O) groups is 2. The van der Waals surface area contributed by atoms with E-state index in [0.29, 0.717) is 31.6 Å². The van der Waals surface area contributed by atoms with Crippen LogP contribution in [0.5, 0.6) is 5.75 Å². The summed E-state index contributed by atoms with van der Waals surface area (Å²) in [6, 6.07) is 1.27. The highest BCUT2D eigenvalue weighted by Gasteiger charge is 2.42. The van der Waals surface area contributed by atoms with E-state index in [1.807, 2.05) is 4.90 Å². The van der Waals surface area contributed by atoms with Gasteiger partial charge in [-0.1, -0.05) is 25.4 Å². The molecule has 0 aliphatic carbocycles. The van der Waals surface area contributed by atoms with Gasteiger partial charge in [-0.2, -0.15) is 0 Å². The average molecular weight is 454 g/mol. The SMILES string of the molecule is CCOC(=O)C1=CN2C(CC1=O)c1c(cc(OCCCOC)c(F)c1Cl)CC2C(C)C. The predicted octanol–water partition coefficient (Wildman–Crippen LogP) is 4.24. The molecule has 0 saturated carbocycles. The minimum Gasteiger partial charge on any atom is -0.490 e. The normalized spacial score (nSPS) is 20.3. The van der Waals surface area contributed by atoms with Crippen molar-refractivity contribution in [3.63, 3.8) is 0 Å². The number of nitrogens with zero attached hydrogens (tertiary/aromatic N) is 1. The summed E-state index contributed by atoms with van der Waals surface area (Å²) in [5, 5.41) is -0.0303. The molecule has 1 aromatic carbocycles. The standard InChI is InChI=1S/C23H29ClFNO5/c1-5-30-23(28)15-12-26-16(13(2)3)9-14-10-19(31-8-6-7-29-4)22(25)21(24)20(14)17(26)11-18(15)27/h10,12-13,16-17H,5-9,11H2,1-4H3. The third kappa shape index (κ3) is 4.72. The van der Waals surface area contributed by atoms with Gasteiger partial charge in [-0.25, -0.2) is 9.18 Å². The van der Waals surface area contributed by atoms with Crippen LogP contribution in [0.3, 0.4) is 0 Å². The van der Waals surface area contributed by atoms with Gasteiger partial charge in [-0.15, -0.1) is 0 Å². The molecule has 0 radical (unpaired) electrons. The van der Waals surface area contributed by atoms with Crippen molar-refractivity contribution in [1.29, 1.82) is 0 Å². The van der Waals surface area contributed by atoms with Gasteiger partial charge in [-0.3, -0.25) is 4.79 Å². The summed E-state index contributed by atoms with van der Waals surface area (Å²) in [4.78, 5) is 27.0. The Kier molecular flexibility index (Phi) is 7.59. The van der Waals surface area contributed by atoms with Crippen LogP contribution in [0.25, 0.3) is 0 Å². The summed E-state index contributed by atoms with van der Waals surface area (Å²) >= 11 is 6.47. The molecule has 2 atom stereocenters. The Labute approximate surface area is 187 Å². The molecule has 0 saturated heterocycles. The van der Waals surface area contributed by atoms with E-state index in [-0.39, 0.29) is 47.1 Å². The van der Waals surface area contributed by atoms with Crippen LogP contribution in [0.4, 0.5) is 4.39 Å². The number of hydrogen-bond acceptors (Lipinski definition) is 6. The highest BCUT2D eigenvalue weighted by molar-refractivity contribution is 6.32. The van der Waals surface area contributed by atoms with Gasteiger partial charge in [0.2, 0.25) is 0 Å². The molecule has 3 rings (SSSR count). The lowest BCUT2D eigenvalue weighted by molar-refractivity contribution is -0.140. The smallest absolute Gasteiger partial charge is 0.343 e. The summed E-state index contributed by atoms with van der Waals surface area (Å²) in [6.45, 7) is 6.87. The van der Waals surface area contributed by atoms with E-state index < -0.39 is 17.8 Å². The Balaban J connectivity index is 2.01. The van der Waals surface area contributed by atoms with E-state index >= 15 is 4.39 Å². The van der Waals surface area contributed by atoms with Crippen molar-refractivity contribution in [3.8, 4) is 5.75 Å². The fourth-order valence-corrected chi connectivity index (χ4v) is 4.59. The number of halogens is 2. The average Bonchev–Trinajstić information content (AvgIpc) is 2.73. The van der Waals surface area contributed by atoms with E-state index in [1.54, 1.807) is 26.3 Å². The molecule has 170 valence electrons. The number of rotatable bonds is 8. The first-order chi connectivity index (χ1) is 14.8. The summed E-state index contributed by atoms with van der Waals surface area (Å²) in [5.74, 6) is -1.25. The lowest BCUT2D eigenvalue weighted by atomic mass is 9.80. The molecule has 0 bridgehead atoms. The van der Waals surface area contributed by atoms with Gasteiger partial charge in [0.05, 0.1) is 24.3 Å². The van der Waals surface area contributed by atoms with Gasteiger partial charge in [0.15, 0.2) is 17.3 Å². The number of carbonyl (C=O) groups excluding carboxylic acids is 2. The molecule has 2 aliphatic rings. The third-order valence-corrected chi connectivity index (χ3v) is 6.14. The number of fused-ring (bicyclic) bond motifs is 3. The van der Waals surface area contributed by atoms with Crippen molar-refractivity contribution in [1.82, 2.24) is 4.90 Å². The summed E-state index contributed by atoms with van der Waals surface area (Å²) in [5.41, 5.74) is 1.49. The number of hydrogen-bond donors (Lipinski definition) is 0. The van der Waals surface area contributed by atoms with Crippen molar-refractivity contribution in [2.24, 2.45) is 5.92 Å². The molecule has 0 fully saturated rings. The maximum absolute atomic E-state index is 15.0. The summed E-state index contributed by atoms with van der Waals surface area (Å²) < 4.78 is 30.7. The molecule has 2 heterocycles. The van der Waals surface area contributed by atoms with Gasteiger partial charge in [0.1, 0.15) is 5.57 Å². The Hall–Kier alpha value is -2.12. The molecule has 0 spiro atoms. The molecule has 0 amide bonds. The zero-order valence-electron chi connectivity index (χ0n) is 18.4. The third-order valence-electron chi connectivity index (χ3n) is 5.77. The van der Waals surface area contributed by atoms with E-state index in [4.69, 9.17) is 25.8 Å². The van der Waals surface area contributed by atoms with Gasteiger partial charge in [0, 0.05) is 44.4 Å². The number of esters is 1. The molecular formula is C23H29ClFNO5. The first-order valence-corrected chi connectivity index (χ1v) is 11.0. The van der Waals surface area contributed by atoms with Crippen LogP contribution < -0.4 is 4.74 Å². The molecule has 8 heteroatoms. The molecular weight excluding hydrogens is 425 g/mol. The number of ketones is 1. The van der Waals surface area contributed by atoms with Gasteiger partial charge >= 0.3 is 5.97 Å². The van der Waals surface area contributed by atoms with E-state index in [0.717, 1.165) is 5.56 Å². The summed E-state index contributed by atoms with van der Waals surface area (Å²) in [7, 11) is 1.60. The number of benzene rings is 1. The second-order valence-corrected chi connectivity index (χ2v) is 8.52. The lowest BCUT2D eigenvalue weighted by Gasteiger charge is -2.47. The number of Topliss-reactive ketones (excluding diaryl/α,β-unsaturated/α-hetero) is 1. The maximum Gasteiger partial charge on any atom is 0.343 e. The first kappa shape index (κ1) is 23.5. The highest BCUT2D eigenvalue weighted by Crippen LogP contribution is 2.46. The molecule has 0 aromatic heterocycles. The second kappa shape index (κ2) is 10.0. The largest absolute Gasteiger partial charge is 0.490 e. The van der Waals surface area contributed by atoms with Gasteiger partial charge in [0.25, 0.3) is 0 Å². The van der Waals surface area contributed by atoms with Crippen LogP contribution in [0.1, 0.15) is 50.8 Å². The Morgan fingerprint density at radius 3 is 2.71 bits per heavy atom. The molecule has 6 nitrogen and oxygen atoms in total.